The van der Waals surface area contributed by atoms with E-state index in [0.717, 1.165) is 10.9 Å². The topological polar surface area (TPSA) is 24.9 Å². The SMILES string of the molecule is CNC(Cc1cncc(Br)c1)c1ccccc1SC. The number of hydrogen-bond donors (Lipinski definition) is 1. The Labute approximate surface area is 127 Å². The maximum atomic E-state index is 4.23. The highest BCUT2D eigenvalue weighted by molar-refractivity contribution is 9.10. The van der Waals surface area contributed by atoms with E-state index >= 15 is 0 Å². The quantitative estimate of drug-likeness (QED) is 0.833. The number of rotatable bonds is 5. The zero-order chi connectivity index (χ0) is 13.7. The molecule has 1 N–H and O–H groups in total. The number of nitrogens with one attached hydrogen (secondary N) is 1. The van der Waals surface area contributed by atoms with Crippen LogP contribution in [0.15, 0.2) is 52.1 Å². The highest BCUT2D eigenvalue weighted by atomic mass is 79.9. The summed E-state index contributed by atoms with van der Waals surface area (Å²) >= 11 is 5.26. The number of nitrogens with zero attached hydrogens (tertiary/aromatic N) is 1. The van der Waals surface area contributed by atoms with Crippen molar-refractivity contribution in [2.75, 3.05) is 13.3 Å². The molecule has 4 heteroatoms. The minimum absolute atomic E-state index is 0.305. The van der Waals surface area contributed by atoms with Crippen LogP contribution in [0.25, 0.3) is 0 Å². The van der Waals surface area contributed by atoms with Gasteiger partial charge < -0.3 is 5.32 Å². The molecule has 0 fully saturated rings. The summed E-state index contributed by atoms with van der Waals surface area (Å²) in [5, 5.41) is 3.40. The molecular formula is C15H17BrN2S. The number of halogens is 1. The fourth-order valence-electron chi connectivity index (χ4n) is 2.13. The van der Waals surface area contributed by atoms with Gasteiger partial charge in [-0.2, -0.15) is 0 Å². The molecule has 0 aliphatic heterocycles. The van der Waals surface area contributed by atoms with Crippen LogP contribution in [0.1, 0.15) is 17.2 Å². The third-order valence-electron chi connectivity index (χ3n) is 3.06. The number of benzene rings is 1. The van der Waals surface area contributed by atoms with E-state index < -0.39 is 0 Å². The summed E-state index contributed by atoms with van der Waals surface area (Å²) in [7, 11) is 2.01. The van der Waals surface area contributed by atoms with E-state index in [1.54, 1.807) is 11.8 Å². The highest BCUT2D eigenvalue weighted by Gasteiger charge is 2.13. The Morgan fingerprint density at radius 1 is 1.32 bits per heavy atom. The molecule has 0 aliphatic rings. The third kappa shape index (κ3) is 3.81. The van der Waals surface area contributed by atoms with Gasteiger partial charge in [0.1, 0.15) is 0 Å². The van der Waals surface area contributed by atoms with Crippen molar-refractivity contribution in [2.45, 2.75) is 17.4 Å². The zero-order valence-electron chi connectivity index (χ0n) is 11.1. The van der Waals surface area contributed by atoms with Crippen LogP contribution in [0.4, 0.5) is 0 Å². The number of aromatic nitrogens is 1. The van der Waals surface area contributed by atoms with Gasteiger partial charge in [0.15, 0.2) is 0 Å². The molecule has 1 aromatic heterocycles. The van der Waals surface area contributed by atoms with Gasteiger partial charge >= 0.3 is 0 Å². The maximum Gasteiger partial charge on any atom is 0.0410 e. The van der Waals surface area contributed by atoms with E-state index in [1.807, 2.05) is 19.4 Å². The van der Waals surface area contributed by atoms with E-state index in [4.69, 9.17) is 0 Å². The zero-order valence-corrected chi connectivity index (χ0v) is 13.5. The van der Waals surface area contributed by atoms with Crippen molar-refractivity contribution in [1.82, 2.24) is 10.3 Å². The van der Waals surface area contributed by atoms with Gasteiger partial charge in [0, 0.05) is 27.8 Å². The lowest BCUT2D eigenvalue weighted by atomic mass is 10.00. The highest BCUT2D eigenvalue weighted by Crippen LogP contribution is 2.28. The molecule has 0 saturated carbocycles. The monoisotopic (exact) mass is 336 g/mol. The summed E-state index contributed by atoms with van der Waals surface area (Å²) in [5.41, 5.74) is 2.57. The molecule has 1 heterocycles. The molecule has 0 amide bonds. The summed E-state index contributed by atoms with van der Waals surface area (Å²) < 4.78 is 1.03. The predicted octanol–water partition coefficient (Wildman–Crippen LogP) is 4.07. The van der Waals surface area contributed by atoms with Crippen LogP contribution in [0.5, 0.6) is 0 Å². The Balaban J connectivity index is 2.25. The standard InChI is InChI=1S/C15H17BrN2S/c1-17-14(8-11-7-12(16)10-18-9-11)13-5-3-4-6-15(13)19-2/h3-7,9-10,14,17H,8H2,1-2H3. The first-order valence-corrected chi connectivity index (χ1v) is 8.16. The normalized spacial score (nSPS) is 12.4. The second-order valence-corrected chi connectivity index (χ2v) is 6.06. The van der Waals surface area contributed by atoms with Gasteiger partial charge in [-0.3, -0.25) is 4.98 Å². The summed E-state index contributed by atoms with van der Waals surface area (Å²) in [5.74, 6) is 0. The lowest BCUT2D eigenvalue weighted by molar-refractivity contribution is 0.582. The molecule has 2 nitrogen and oxygen atoms in total. The van der Waals surface area contributed by atoms with Crippen molar-refractivity contribution in [1.29, 1.82) is 0 Å². The predicted molar refractivity (Wildman–Crippen MR) is 85.7 cm³/mol. The van der Waals surface area contributed by atoms with Gasteiger partial charge in [-0.1, -0.05) is 18.2 Å². The van der Waals surface area contributed by atoms with E-state index in [1.165, 1.54) is 16.0 Å². The smallest absolute Gasteiger partial charge is 0.0410 e. The van der Waals surface area contributed by atoms with E-state index in [-0.39, 0.29) is 0 Å². The molecule has 0 spiro atoms. The Morgan fingerprint density at radius 3 is 2.79 bits per heavy atom. The van der Waals surface area contributed by atoms with Crippen molar-refractivity contribution in [3.63, 3.8) is 0 Å². The third-order valence-corrected chi connectivity index (χ3v) is 4.31. The van der Waals surface area contributed by atoms with E-state index in [0.29, 0.717) is 6.04 Å². The van der Waals surface area contributed by atoms with Crippen molar-refractivity contribution in [3.8, 4) is 0 Å². The number of likely N-dealkylation sites (N-methyl/N-ethyl adjacent to an activating group) is 1. The van der Waals surface area contributed by atoms with Crippen LogP contribution in [-0.2, 0) is 6.42 Å². The van der Waals surface area contributed by atoms with E-state index in [9.17, 15) is 0 Å². The fraction of sp³-hybridized carbons (Fsp3) is 0.267. The summed E-state index contributed by atoms with van der Waals surface area (Å²) in [6.07, 6.45) is 6.79. The molecule has 1 atom stereocenters. The Morgan fingerprint density at radius 2 is 2.11 bits per heavy atom. The molecule has 0 radical (unpaired) electrons. The molecule has 0 saturated heterocycles. The van der Waals surface area contributed by atoms with Gasteiger partial charge in [-0.05, 0) is 58.9 Å². The Kier molecular flexibility index (Phi) is 5.43. The molecule has 2 rings (SSSR count). The first kappa shape index (κ1) is 14.6. The second-order valence-electron chi connectivity index (χ2n) is 4.30. The lowest BCUT2D eigenvalue weighted by Gasteiger charge is -2.19. The Bertz CT molecular complexity index is 545. The largest absolute Gasteiger partial charge is 0.313 e. The summed E-state index contributed by atoms with van der Waals surface area (Å²) in [6.45, 7) is 0. The molecule has 19 heavy (non-hydrogen) atoms. The van der Waals surface area contributed by atoms with Gasteiger partial charge in [0.2, 0.25) is 0 Å². The van der Waals surface area contributed by atoms with Crippen LogP contribution >= 0.6 is 27.7 Å². The van der Waals surface area contributed by atoms with Crippen LogP contribution in [-0.4, -0.2) is 18.3 Å². The van der Waals surface area contributed by atoms with Crippen LogP contribution in [0.3, 0.4) is 0 Å². The summed E-state index contributed by atoms with van der Waals surface area (Å²) in [6, 6.07) is 11.0. The molecule has 1 aromatic carbocycles. The number of thioether (sulfide) groups is 1. The minimum atomic E-state index is 0.305. The molecule has 0 bridgehead atoms. The minimum Gasteiger partial charge on any atom is -0.313 e. The molecule has 1 unspecified atom stereocenters. The second kappa shape index (κ2) is 7.08. The van der Waals surface area contributed by atoms with E-state index in [2.05, 4.69) is 62.8 Å². The summed E-state index contributed by atoms with van der Waals surface area (Å²) in [4.78, 5) is 5.55. The fourth-order valence-corrected chi connectivity index (χ4v) is 3.20. The van der Waals surface area contributed by atoms with Crippen molar-refractivity contribution < 1.29 is 0 Å². The van der Waals surface area contributed by atoms with Crippen LogP contribution in [0, 0.1) is 0 Å². The van der Waals surface area contributed by atoms with Crippen LogP contribution in [0.2, 0.25) is 0 Å². The first-order chi connectivity index (χ1) is 9.24. The van der Waals surface area contributed by atoms with Crippen LogP contribution < -0.4 is 5.32 Å². The maximum absolute atomic E-state index is 4.23. The molecule has 100 valence electrons. The average molecular weight is 337 g/mol. The van der Waals surface area contributed by atoms with Crippen molar-refractivity contribution in [3.05, 3.63) is 58.3 Å². The molecule has 0 aliphatic carbocycles. The van der Waals surface area contributed by atoms with Gasteiger partial charge in [-0.15, -0.1) is 11.8 Å². The lowest BCUT2D eigenvalue weighted by Crippen LogP contribution is -2.19. The average Bonchev–Trinajstić information content (AvgIpc) is 2.45. The number of pyridine rings is 1. The molecule has 2 aromatic rings. The molecular weight excluding hydrogens is 320 g/mol. The van der Waals surface area contributed by atoms with Gasteiger partial charge in [0.05, 0.1) is 0 Å². The van der Waals surface area contributed by atoms with Crippen molar-refractivity contribution in [2.24, 2.45) is 0 Å². The number of hydrogen-bond acceptors (Lipinski definition) is 3. The van der Waals surface area contributed by atoms with Crippen molar-refractivity contribution >= 4 is 27.7 Å². The van der Waals surface area contributed by atoms with Gasteiger partial charge in [0.25, 0.3) is 0 Å². The first-order valence-electron chi connectivity index (χ1n) is 6.14. The van der Waals surface area contributed by atoms with Gasteiger partial charge in [-0.25, -0.2) is 0 Å². The Hall–Kier alpha value is -0.840.